The molecule has 1 saturated heterocycles. The number of phenolic OH excluding ortho intramolecular Hbond substituents is 1. The molecule has 1 fully saturated rings. The number of carbonyl (C=O) groups is 1. The quantitative estimate of drug-likeness (QED) is 0.580. The summed E-state index contributed by atoms with van der Waals surface area (Å²) < 4.78 is 0. The molecule has 1 amide bonds. The summed E-state index contributed by atoms with van der Waals surface area (Å²) in [4.78, 5) is 15.2. The Hall–Kier alpha value is -3.19. The van der Waals surface area contributed by atoms with Crippen LogP contribution in [-0.2, 0) is 4.79 Å². The fourth-order valence-corrected chi connectivity index (χ4v) is 4.08. The molecule has 7 heteroatoms. The van der Waals surface area contributed by atoms with E-state index in [1.165, 1.54) is 5.01 Å². The predicted molar refractivity (Wildman–Crippen MR) is 125 cm³/mol. The normalized spacial score (nSPS) is 19.2. The number of hydrazone groups is 2. The summed E-state index contributed by atoms with van der Waals surface area (Å²) in [5.74, 6) is 0.231. The maximum Gasteiger partial charge on any atom is 0.301 e. The van der Waals surface area contributed by atoms with E-state index >= 15 is 0 Å². The zero-order valence-corrected chi connectivity index (χ0v) is 18.5. The Morgan fingerprint density at radius 3 is 2.55 bits per heavy atom. The molecule has 2 aliphatic heterocycles. The lowest BCUT2D eigenvalue weighted by molar-refractivity contribution is -0.112. The van der Waals surface area contributed by atoms with Crippen molar-refractivity contribution >= 4 is 28.7 Å². The minimum Gasteiger partial charge on any atom is -0.505 e. The number of rotatable bonds is 4. The number of benzene rings is 2. The van der Waals surface area contributed by atoms with Gasteiger partial charge >= 0.3 is 5.91 Å². The SMILES string of the molecule is CC1=NN(c2ccc(C)c(C)c2)C(=O)/C1=N\Nc1cccc(C2CCN(C)CC2)c1O. The number of amides is 1. The number of hydrogen-bond acceptors (Lipinski definition) is 6. The predicted octanol–water partition coefficient (Wildman–Crippen LogP) is 4.01. The second-order valence-corrected chi connectivity index (χ2v) is 8.46. The van der Waals surface area contributed by atoms with Gasteiger partial charge < -0.3 is 10.0 Å². The van der Waals surface area contributed by atoms with E-state index in [1.807, 2.05) is 44.2 Å². The maximum absolute atomic E-state index is 12.9. The van der Waals surface area contributed by atoms with Gasteiger partial charge in [-0.1, -0.05) is 18.2 Å². The van der Waals surface area contributed by atoms with Crippen molar-refractivity contribution in [2.75, 3.05) is 30.6 Å². The van der Waals surface area contributed by atoms with E-state index in [2.05, 4.69) is 27.6 Å². The average Bonchev–Trinajstić information content (AvgIpc) is 3.04. The fraction of sp³-hybridized carbons (Fsp3) is 0.375. The lowest BCUT2D eigenvalue weighted by Gasteiger charge is -2.29. The molecular weight excluding hydrogens is 390 g/mol. The van der Waals surface area contributed by atoms with Gasteiger partial charge in [-0.05, 0) is 94.6 Å². The Morgan fingerprint density at radius 1 is 1.10 bits per heavy atom. The van der Waals surface area contributed by atoms with Crippen LogP contribution in [0.4, 0.5) is 11.4 Å². The van der Waals surface area contributed by atoms with Gasteiger partial charge in [0.1, 0.15) is 5.75 Å². The zero-order valence-electron chi connectivity index (χ0n) is 18.5. The van der Waals surface area contributed by atoms with Crippen molar-refractivity contribution in [1.29, 1.82) is 0 Å². The minimum absolute atomic E-state index is 0.201. The van der Waals surface area contributed by atoms with Crippen LogP contribution in [-0.4, -0.2) is 47.5 Å². The average molecular weight is 420 g/mol. The van der Waals surface area contributed by atoms with E-state index in [1.54, 1.807) is 13.0 Å². The molecule has 0 atom stereocenters. The number of nitrogens with one attached hydrogen (secondary N) is 1. The first kappa shape index (κ1) is 21.1. The number of likely N-dealkylation sites (tertiary alicyclic amines) is 1. The van der Waals surface area contributed by atoms with E-state index in [4.69, 9.17) is 0 Å². The van der Waals surface area contributed by atoms with Gasteiger partial charge in [0, 0.05) is 0 Å². The second-order valence-electron chi connectivity index (χ2n) is 8.46. The van der Waals surface area contributed by atoms with Crippen LogP contribution in [0.25, 0.3) is 0 Å². The molecule has 0 aliphatic carbocycles. The van der Waals surface area contributed by atoms with Crippen LogP contribution in [0, 0.1) is 13.8 Å². The second kappa shape index (κ2) is 8.51. The van der Waals surface area contributed by atoms with Gasteiger partial charge in [-0.3, -0.25) is 10.2 Å². The van der Waals surface area contributed by atoms with Crippen LogP contribution in [0.3, 0.4) is 0 Å². The van der Waals surface area contributed by atoms with Crippen LogP contribution < -0.4 is 10.4 Å². The van der Waals surface area contributed by atoms with Crippen molar-refractivity contribution in [3.8, 4) is 5.75 Å². The standard InChI is InChI=1S/C24H29N5O2/c1-15-8-9-19(14-16(15)2)29-24(31)22(17(3)27-29)26-25-21-7-5-6-20(23(21)30)18-10-12-28(4)13-11-18/h5-9,14,18,25,30H,10-13H2,1-4H3/b26-22-. The highest BCUT2D eigenvalue weighted by Crippen LogP contribution is 2.37. The van der Waals surface area contributed by atoms with Crippen LogP contribution in [0.1, 0.15) is 42.4 Å². The van der Waals surface area contributed by atoms with Crippen molar-refractivity contribution in [3.05, 3.63) is 53.1 Å². The smallest absolute Gasteiger partial charge is 0.301 e. The Morgan fingerprint density at radius 2 is 1.84 bits per heavy atom. The highest BCUT2D eigenvalue weighted by molar-refractivity contribution is 6.71. The first-order valence-corrected chi connectivity index (χ1v) is 10.7. The molecule has 0 saturated carbocycles. The van der Waals surface area contributed by atoms with Crippen molar-refractivity contribution in [2.45, 2.75) is 39.5 Å². The van der Waals surface area contributed by atoms with Crippen molar-refractivity contribution < 1.29 is 9.90 Å². The van der Waals surface area contributed by atoms with E-state index in [0.717, 1.165) is 42.6 Å². The Labute approximate surface area is 183 Å². The third-order valence-corrected chi connectivity index (χ3v) is 6.24. The number of anilines is 2. The first-order chi connectivity index (χ1) is 14.8. The number of phenols is 1. The number of piperidine rings is 1. The molecule has 162 valence electrons. The van der Waals surface area contributed by atoms with E-state index in [-0.39, 0.29) is 17.4 Å². The summed E-state index contributed by atoms with van der Waals surface area (Å²) in [5.41, 5.74) is 8.05. The summed E-state index contributed by atoms with van der Waals surface area (Å²) in [6, 6.07) is 11.4. The summed E-state index contributed by atoms with van der Waals surface area (Å²) in [7, 11) is 2.12. The summed E-state index contributed by atoms with van der Waals surface area (Å²) in [6.07, 6.45) is 2.02. The largest absolute Gasteiger partial charge is 0.505 e. The zero-order chi connectivity index (χ0) is 22.1. The lowest BCUT2D eigenvalue weighted by atomic mass is 9.88. The van der Waals surface area contributed by atoms with Gasteiger partial charge in [-0.2, -0.15) is 15.2 Å². The Balaban J connectivity index is 1.53. The number of aromatic hydroxyl groups is 1. The topological polar surface area (TPSA) is 80.5 Å². The Kier molecular flexibility index (Phi) is 5.78. The fourth-order valence-electron chi connectivity index (χ4n) is 4.08. The highest BCUT2D eigenvalue weighted by atomic mass is 16.3. The molecule has 7 nitrogen and oxygen atoms in total. The minimum atomic E-state index is -0.292. The van der Waals surface area contributed by atoms with Gasteiger partial charge in [0.05, 0.1) is 17.1 Å². The molecule has 2 aromatic carbocycles. The van der Waals surface area contributed by atoms with Crippen LogP contribution >= 0.6 is 0 Å². The van der Waals surface area contributed by atoms with Crippen LogP contribution in [0.15, 0.2) is 46.6 Å². The molecule has 0 unspecified atom stereocenters. The maximum atomic E-state index is 12.9. The van der Waals surface area contributed by atoms with Crippen molar-refractivity contribution in [1.82, 2.24) is 4.90 Å². The van der Waals surface area contributed by atoms with Gasteiger partial charge in [0.2, 0.25) is 0 Å². The lowest BCUT2D eigenvalue weighted by Crippen LogP contribution is -2.29. The molecule has 2 N–H and O–H groups in total. The summed E-state index contributed by atoms with van der Waals surface area (Å²) in [6.45, 7) is 7.83. The van der Waals surface area contributed by atoms with Crippen LogP contribution in [0.2, 0.25) is 0 Å². The van der Waals surface area contributed by atoms with Crippen molar-refractivity contribution in [3.63, 3.8) is 0 Å². The van der Waals surface area contributed by atoms with Gasteiger partial charge in [-0.25, -0.2) is 0 Å². The van der Waals surface area contributed by atoms with Crippen LogP contribution in [0.5, 0.6) is 5.75 Å². The molecule has 31 heavy (non-hydrogen) atoms. The van der Waals surface area contributed by atoms with E-state index < -0.39 is 0 Å². The monoisotopic (exact) mass is 419 g/mol. The van der Waals surface area contributed by atoms with Gasteiger partial charge in [0.25, 0.3) is 0 Å². The Bertz CT molecular complexity index is 1070. The van der Waals surface area contributed by atoms with E-state index in [9.17, 15) is 9.90 Å². The number of hydrogen-bond donors (Lipinski definition) is 2. The molecule has 0 bridgehead atoms. The molecular formula is C24H29N5O2. The molecule has 2 heterocycles. The number of para-hydroxylation sites is 1. The van der Waals surface area contributed by atoms with E-state index in [0.29, 0.717) is 23.0 Å². The summed E-state index contributed by atoms with van der Waals surface area (Å²) in [5, 5.41) is 20.9. The number of aryl methyl sites for hydroxylation is 2. The molecule has 0 radical (unpaired) electrons. The number of carbonyl (C=O) groups excluding carboxylic acids is 1. The molecule has 4 rings (SSSR count). The molecule has 2 aromatic rings. The first-order valence-electron chi connectivity index (χ1n) is 10.7. The molecule has 2 aliphatic rings. The highest BCUT2D eigenvalue weighted by Gasteiger charge is 2.31. The van der Waals surface area contributed by atoms with Gasteiger partial charge in [0.15, 0.2) is 5.71 Å². The number of nitrogens with zero attached hydrogens (tertiary/aromatic N) is 4. The molecule has 0 spiro atoms. The van der Waals surface area contributed by atoms with Gasteiger partial charge in [-0.15, -0.1) is 0 Å². The third-order valence-electron chi connectivity index (χ3n) is 6.24. The van der Waals surface area contributed by atoms with Crippen molar-refractivity contribution in [2.24, 2.45) is 10.2 Å². The molecule has 0 aromatic heterocycles. The third kappa shape index (κ3) is 4.18. The summed E-state index contributed by atoms with van der Waals surface area (Å²) >= 11 is 0.